The Labute approximate surface area is 102 Å². The van der Waals surface area contributed by atoms with Crippen LogP contribution in [0.15, 0.2) is 18.3 Å². The molecule has 2 N–H and O–H groups in total. The van der Waals surface area contributed by atoms with Gasteiger partial charge in [0.25, 0.3) is 0 Å². The molecule has 2 heterocycles. The number of hydrogen-bond donors (Lipinski definition) is 2. The largest absolute Gasteiger partial charge is 0.317 e. The third-order valence-electron chi connectivity index (χ3n) is 2.97. The number of anilines is 1. The van der Waals surface area contributed by atoms with Gasteiger partial charge in [-0.3, -0.25) is 4.72 Å². The van der Waals surface area contributed by atoms with Crippen LogP contribution < -0.4 is 10.0 Å². The second-order valence-corrected chi connectivity index (χ2v) is 6.23. The number of aryl methyl sites for hydroxylation is 1. The van der Waals surface area contributed by atoms with E-state index in [1.165, 1.54) is 0 Å². The maximum Gasteiger partial charge on any atom is 0.236 e. The molecule has 0 bridgehead atoms. The van der Waals surface area contributed by atoms with Crippen LogP contribution in [0.1, 0.15) is 18.4 Å². The minimum absolute atomic E-state index is 0.315. The highest BCUT2D eigenvalue weighted by Gasteiger charge is 2.27. The molecule has 94 valence electrons. The van der Waals surface area contributed by atoms with Crippen molar-refractivity contribution in [2.75, 3.05) is 17.8 Å². The molecule has 1 aliphatic heterocycles. The summed E-state index contributed by atoms with van der Waals surface area (Å²) in [5, 5.41) is 2.84. The number of nitrogens with zero attached hydrogens (tertiary/aromatic N) is 1. The Morgan fingerprint density at radius 2 is 2.12 bits per heavy atom. The summed E-state index contributed by atoms with van der Waals surface area (Å²) in [6, 6.07) is 3.63. The molecule has 0 spiro atoms. The van der Waals surface area contributed by atoms with E-state index in [9.17, 15) is 8.42 Å². The monoisotopic (exact) mass is 255 g/mol. The lowest BCUT2D eigenvalue weighted by atomic mass is 10.2. The van der Waals surface area contributed by atoms with Crippen molar-refractivity contribution in [2.24, 2.45) is 0 Å². The minimum Gasteiger partial charge on any atom is -0.317 e. The summed E-state index contributed by atoms with van der Waals surface area (Å²) in [6.07, 6.45) is 2.90. The molecule has 0 unspecified atom stereocenters. The predicted molar refractivity (Wildman–Crippen MR) is 67.4 cm³/mol. The zero-order valence-electron chi connectivity index (χ0n) is 9.81. The number of aromatic nitrogens is 1. The van der Waals surface area contributed by atoms with E-state index in [2.05, 4.69) is 15.0 Å². The molecule has 1 aromatic rings. The topological polar surface area (TPSA) is 71.1 Å². The van der Waals surface area contributed by atoms with Crippen molar-refractivity contribution in [2.45, 2.75) is 25.0 Å². The van der Waals surface area contributed by atoms with Gasteiger partial charge in [0.05, 0.1) is 5.25 Å². The van der Waals surface area contributed by atoms with E-state index >= 15 is 0 Å². The van der Waals surface area contributed by atoms with Gasteiger partial charge >= 0.3 is 0 Å². The Morgan fingerprint density at radius 3 is 2.76 bits per heavy atom. The van der Waals surface area contributed by atoms with Crippen LogP contribution in [0.4, 0.5) is 5.82 Å². The van der Waals surface area contributed by atoms with Gasteiger partial charge in [0.1, 0.15) is 5.82 Å². The highest BCUT2D eigenvalue weighted by atomic mass is 32.2. The molecule has 0 atom stereocenters. The zero-order valence-corrected chi connectivity index (χ0v) is 10.6. The lowest BCUT2D eigenvalue weighted by molar-refractivity contribution is 0.499. The van der Waals surface area contributed by atoms with Crippen LogP contribution in [-0.2, 0) is 10.0 Å². The Bertz CT molecular complexity index is 481. The first-order valence-corrected chi connectivity index (χ1v) is 7.28. The summed E-state index contributed by atoms with van der Waals surface area (Å²) in [6.45, 7) is 3.35. The fourth-order valence-electron chi connectivity index (χ4n) is 1.92. The molecule has 17 heavy (non-hydrogen) atoms. The van der Waals surface area contributed by atoms with E-state index in [0.29, 0.717) is 18.7 Å². The molecule has 1 saturated heterocycles. The lowest BCUT2D eigenvalue weighted by Gasteiger charge is -2.23. The first-order chi connectivity index (χ1) is 8.09. The summed E-state index contributed by atoms with van der Waals surface area (Å²) in [5.74, 6) is 0.436. The zero-order chi connectivity index (χ0) is 12.3. The maximum atomic E-state index is 12.1. The fourth-order valence-corrected chi connectivity index (χ4v) is 3.42. The summed E-state index contributed by atoms with van der Waals surface area (Å²) < 4.78 is 26.8. The van der Waals surface area contributed by atoms with E-state index in [1.54, 1.807) is 12.3 Å². The van der Waals surface area contributed by atoms with E-state index in [4.69, 9.17) is 0 Å². The number of sulfonamides is 1. The molecule has 5 nitrogen and oxygen atoms in total. The second kappa shape index (κ2) is 5.01. The van der Waals surface area contributed by atoms with Crippen molar-refractivity contribution in [1.29, 1.82) is 0 Å². The third-order valence-corrected chi connectivity index (χ3v) is 4.80. The predicted octanol–water partition coefficient (Wildman–Crippen LogP) is 0.884. The normalized spacial score (nSPS) is 17.9. The number of rotatable bonds is 3. The summed E-state index contributed by atoms with van der Waals surface area (Å²) in [4.78, 5) is 4.05. The fraction of sp³-hybridized carbons (Fsp3) is 0.545. The number of hydrogen-bond acceptors (Lipinski definition) is 4. The van der Waals surface area contributed by atoms with Gasteiger partial charge in [0.15, 0.2) is 0 Å². The minimum atomic E-state index is -3.31. The van der Waals surface area contributed by atoms with Crippen molar-refractivity contribution in [3.63, 3.8) is 0 Å². The molecule has 6 heteroatoms. The highest BCUT2D eigenvalue weighted by Crippen LogP contribution is 2.18. The first-order valence-electron chi connectivity index (χ1n) is 5.73. The van der Waals surface area contributed by atoms with Crippen molar-refractivity contribution < 1.29 is 8.42 Å². The average Bonchev–Trinajstić information content (AvgIpc) is 2.33. The van der Waals surface area contributed by atoms with Gasteiger partial charge in [0, 0.05) is 6.20 Å². The van der Waals surface area contributed by atoms with E-state index < -0.39 is 10.0 Å². The second-order valence-electron chi connectivity index (χ2n) is 4.27. The van der Waals surface area contributed by atoms with Crippen LogP contribution in [0.3, 0.4) is 0 Å². The van der Waals surface area contributed by atoms with Crippen molar-refractivity contribution in [3.05, 3.63) is 23.9 Å². The molecule has 0 saturated carbocycles. The van der Waals surface area contributed by atoms with Gasteiger partial charge in [-0.15, -0.1) is 0 Å². The maximum absolute atomic E-state index is 12.1. The van der Waals surface area contributed by atoms with Gasteiger partial charge in [-0.2, -0.15) is 0 Å². The summed E-state index contributed by atoms with van der Waals surface area (Å²) in [7, 11) is -3.31. The van der Waals surface area contributed by atoms with Crippen molar-refractivity contribution >= 4 is 15.8 Å². The Kier molecular flexibility index (Phi) is 3.63. The molecule has 1 aromatic heterocycles. The van der Waals surface area contributed by atoms with Crippen LogP contribution in [0.5, 0.6) is 0 Å². The Hall–Kier alpha value is -1.14. The molecular formula is C11H17N3O2S. The van der Waals surface area contributed by atoms with Crippen molar-refractivity contribution in [1.82, 2.24) is 10.3 Å². The van der Waals surface area contributed by atoms with Gasteiger partial charge < -0.3 is 5.32 Å². The molecule has 2 rings (SSSR count). The quantitative estimate of drug-likeness (QED) is 0.841. The molecular weight excluding hydrogens is 238 g/mol. The van der Waals surface area contributed by atoms with Crippen LogP contribution in [-0.4, -0.2) is 31.7 Å². The Balaban J connectivity index is 2.14. The van der Waals surface area contributed by atoms with Crippen LogP contribution in [0.2, 0.25) is 0 Å². The SMILES string of the molecule is Cc1cccnc1NS(=O)(=O)C1CCNCC1. The van der Waals surface area contributed by atoms with Crippen LogP contribution >= 0.6 is 0 Å². The first kappa shape index (κ1) is 12.3. The van der Waals surface area contributed by atoms with E-state index in [1.807, 2.05) is 13.0 Å². The smallest absolute Gasteiger partial charge is 0.236 e. The summed E-state index contributed by atoms with van der Waals surface area (Å²) in [5.41, 5.74) is 0.838. The molecule has 0 amide bonds. The van der Waals surface area contributed by atoms with E-state index in [-0.39, 0.29) is 5.25 Å². The molecule has 0 aliphatic carbocycles. The lowest BCUT2D eigenvalue weighted by Crippen LogP contribution is -2.38. The highest BCUT2D eigenvalue weighted by molar-refractivity contribution is 7.93. The van der Waals surface area contributed by atoms with Gasteiger partial charge in [0.2, 0.25) is 10.0 Å². The van der Waals surface area contributed by atoms with Crippen molar-refractivity contribution in [3.8, 4) is 0 Å². The van der Waals surface area contributed by atoms with Gasteiger partial charge in [-0.1, -0.05) is 6.07 Å². The standard InChI is InChI=1S/C11H17N3O2S/c1-9-3-2-6-13-11(9)14-17(15,16)10-4-7-12-8-5-10/h2-3,6,10,12H,4-5,7-8H2,1H3,(H,13,14). The van der Waals surface area contributed by atoms with Crippen LogP contribution in [0, 0.1) is 6.92 Å². The Morgan fingerprint density at radius 1 is 1.41 bits per heavy atom. The van der Waals surface area contributed by atoms with Gasteiger partial charge in [-0.25, -0.2) is 13.4 Å². The average molecular weight is 255 g/mol. The van der Waals surface area contributed by atoms with Crippen LogP contribution in [0.25, 0.3) is 0 Å². The third kappa shape index (κ3) is 2.95. The molecule has 0 radical (unpaired) electrons. The number of pyridine rings is 1. The molecule has 1 fully saturated rings. The number of piperidine rings is 1. The van der Waals surface area contributed by atoms with E-state index in [0.717, 1.165) is 18.7 Å². The molecule has 0 aromatic carbocycles. The summed E-state index contributed by atoms with van der Waals surface area (Å²) >= 11 is 0. The molecule has 1 aliphatic rings. The van der Waals surface area contributed by atoms with Gasteiger partial charge in [-0.05, 0) is 44.5 Å². The number of nitrogens with one attached hydrogen (secondary N) is 2.